The van der Waals surface area contributed by atoms with E-state index in [9.17, 15) is 0 Å². The van der Waals surface area contributed by atoms with Crippen LogP contribution in [0.3, 0.4) is 0 Å². The second-order valence-corrected chi connectivity index (χ2v) is 10.4. The Morgan fingerprint density at radius 1 is 0.976 bits per heavy atom. The number of anilines is 3. The first-order valence-electron chi connectivity index (χ1n) is 13.6. The van der Waals surface area contributed by atoms with Crippen LogP contribution in [0, 0.1) is 11.3 Å². The summed E-state index contributed by atoms with van der Waals surface area (Å²) in [6.07, 6.45) is 5.30. The number of rotatable bonds is 7. The SMILES string of the molecule is CN(C)c1ccc2nc(-c3cccnc3N)n(-c3ccc(CN4CCC(Nc5ccnc(C#N)n5)CC4)cc3)c2n1. The maximum absolute atomic E-state index is 9.04. The van der Waals surface area contributed by atoms with Crippen molar-refractivity contribution in [3.63, 3.8) is 0 Å². The predicted octanol–water partition coefficient (Wildman–Crippen LogP) is 3.87. The number of nitriles is 1. The van der Waals surface area contributed by atoms with E-state index in [1.54, 1.807) is 12.4 Å². The largest absolute Gasteiger partial charge is 0.383 e. The first-order chi connectivity index (χ1) is 20.0. The molecule has 5 aromatic rings. The smallest absolute Gasteiger partial charge is 0.234 e. The average Bonchev–Trinajstić information content (AvgIpc) is 3.37. The molecule has 11 heteroatoms. The van der Waals surface area contributed by atoms with Gasteiger partial charge in [-0.25, -0.2) is 24.9 Å². The number of nitrogens with one attached hydrogen (secondary N) is 1. The van der Waals surface area contributed by atoms with E-state index in [4.69, 9.17) is 21.0 Å². The van der Waals surface area contributed by atoms with Crippen molar-refractivity contribution >= 4 is 28.6 Å². The normalized spacial score (nSPS) is 14.2. The number of nitrogens with two attached hydrogens (primary N) is 1. The van der Waals surface area contributed by atoms with Crippen LogP contribution in [0.5, 0.6) is 0 Å². The van der Waals surface area contributed by atoms with Gasteiger partial charge in [0, 0.05) is 57.9 Å². The third kappa shape index (κ3) is 5.50. The van der Waals surface area contributed by atoms with Gasteiger partial charge in [-0.3, -0.25) is 9.47 Å². The molecule has 0 spiro atoms. The molecule has 3 N–H and O–H groups in total. The first kappa shape index (κ1) is 26.2. The Balaban J connectivity index is 1.20. The summed E-state index contributed by atoms with van der Waals surface area (Å²) in [5.74, 6) is 2.88. The van der Waals surface area contributed by atoms with Crippen LogP contribution in [0.4, 0.5) is 17.5 Å². The Hall–Kier alpha value is -5.08. The van der Waals surface area contributed by atoms with E-state index in [2.05, 4.69) is 54.0 Å². The number of nitrogen functional groups attached to an aromatic ring is 1. The predicted molar refractivity (Wildman–Crippen MR) is 160 cm³/mol. The van der Waals surface area contributed by atoms with Gasteiger partial charge in [-0.1, -0.05) is 12.1 Å². The molecule has 1 fully saturated rings. The highest BCUT2D eigenvalue weighted by Gasteiger charge is 2.21. The first-order valence-corrected chi connectivity index (χ1v) is 13.6. The maximum Gasteiger partial charge on any atom is 0.234 e. The van der Waals surface area contributed by atoms with Gasteiger partial charge in [0.15, 0.2) is 11.5 Å². The van der Waals surface area contributed by atoms with Crippen molar-refractivity contribution in [1.29, 1.82) is 5.26 Å². The van der Waals surface area contributed by atoms with Crippen molar-refractivity contribution < 1.29 is 0 Å². The highest BCUT2D eigenvalue weighted by molar-refractivity contribution is 5.83. The van der Waals surface area contributed by atoms with E-state index in [0.29, 0.717) is 23.5 Å². The van der Waals surface area contributed by atoms with Gasteiger partial charge in [0.1, 0.15) is 29.0 Å². The molecule has 4 aromatic heterocycles. The lowest BCUT2D eigenvalue weighted by atomic mass is 10.0. The van der Waals surface area contributed by atoms with Gasteiger partial charge in [-0.2, -0.15) is 5.26 Å². The zero-order valence-electron chi connectivity index (χ0n) is 23.1. The Morgan fingerprint density at radius 3 is 2.51 bits per heavy atom. The van der Waals surface area contributed by atoms with Gasteiger partial charge in [0.05, 0.1) is 5.56 Å². The van der Waals surface area contributed by atoms with E-state index >= 15 is 0 Å². The molecule has 0 saturated carbocycles. The van der Waals surface area contributed by atoms with Crippen molar-refractivity contribution in [3.8, 4) is 23.1 Å². The highest BCUT2D eigenvalue weighted by Crippen LogP contribution is 2.31. The average molecular weight is 546 g/mol. The molecule has 0 radical (unpaired) electrons. The van der Waals surface area contributed by atoms with Crippen LogP contribution in [-0.2, 0) is 6.54 Å². The molecule has 1 aromatic carbocycles. The number of imidazole rings is 1. The van der Waals surface area contributed by atoms with Crippen molar-refractivity contribution in [2.45, 2.75) is 25.4 Å². The summed E-state index contributed by atoms with van der Waals surface area (Å²) in [6.45, 7) is 2.82. The molecule has 0 aliphatic carbocycles. The standard InChI is InChI=1S/C30H31N11/c1-39(2)27-10-9-24-30(38-27)41(29(36-24)23-4-3-14-34-28(23)32)22-7-5-20(6-8-22)19-40-16-12-21(13-17-40)35-25-11-15-33-26(18-31)37-25/h3-11,14-15,21H,12-13,16-17,19H2,1-2H3,(H2,32,34)(H,33,35,37). The zero-order chi connectivity index (χ0) is 28.3. The van der Waals surface area contributed by atoms with Crippen LogP contribution in [0.1, 0.15) is 24.2 Å². The van der Waals surface area contributed by atoms with E-state index in [1.807, 2.05) is 55.4 Å². The minimum Gasteiger partial charge on any atom is -0.383 e. The molecule has 0 unspecified atom stereocenters. The van der Waals surface area contributed by atoms with Crippen LogP contribution in [0.15, 0.2) is 67.0 Å². The second-order valence-electron chi connectivity index (χ2n) is 10.4. The van der Waals surface area contributed by atoms with Crippen LogP contribution in [0.2, 0.25) is 0 Å². The summed E-state index contributed by atoms with van der Waals surface area (Å²) in [6, 6.07) is 20.5. The number of fused-ring (bicyclic) bond motifs is 1. The van der Waals surface area contributed by atoms with Gasteiger partial charge in [0.2, 0.25) is 5.82 Å². The van der Waals surface area contributed by atoms with E-state index < -0.39 is 0 Å². The Morgan fingerprint density at radius 2 is 1.78 bits per heavy atom. The van der Waals surface area contributed by atoms with Crippen LogP contribution in [0.25, 0.3) is 28.2 Å². The minimum atomic E-state index is 0.185. The molecule has 1 saturated heterocycles. The molecule has 41 heavy (non-hydrogen) atoms. The number of hydrogen-bond donors (Lipinski definition) is 2. The monoisotopic (exact) mass is 545 g/mol. The summed E-state index contributed by atoms with van der Waals surface area (Å²) >= 11 is 0. The molecule has 0 atom stereocenters. The van der Waals surface area contributed by atoms with Gasteiger partial charge in [0.25, 0.3) is 0 Å². The fourth-order valence-corrected chi connectivity index (χ4v) is 5.17. The molecule has 11 nitrogen and oxygen atoms in total. The summed E-state index contributed by atoms with van der Waals surface area (Å²) in [5, 5.41) is 12.5. The number of likely N-dealkylation sites (tertiary alicyclic amines) is 1. The van der Waals surface area contributed by atoms with Crippen molar-refractivity contribution in [1.82, 2.24) is 34.4 Å². The summed E-state index contributed by atoms with van der Waals surface area (Å²) < 4.78 is 2.06. The molecular formula is C30H31N11. The highest BCUT2D eigenvalue weighted by atomic mass is 15.2. The number of pyridine rings is 2. The third-order valence-corrected chi connectivity index (χ3v) is 7.32. The summed E-state index contributed by atoms with van der Waals surface area (Å²) in [7, 11) is 3.95. The van der Waals surface area contributed by atoms with Crippen molar-refractivity contribution in [2.24, 2.45) is 0 Å². The topological polar surface area (TPSA) is 138 Å². The minimum absolute atomic E-state index is 0.185. The van der Waals surface area contributed by atoms with Gasteiger partial charge < -0.3 is 16.0 Å². The molecule has 1 aliphatic heterocycles. The van der Waals surface area contributed by atoms with Crippen molar-refractivity contribution in [3.05, 3.63) is 78.4 Å². The zero-order valence-corrected chi connectivity index (χ0v) is 23.1. The molecule has 1 aliphatic rings. The summed E-state index contributed by atoms with van der Waals surface area (Å²) in [4.78, 5) is 26.7. The maximum atomic E-state index is 9.04. The number of nitrogens with zero attached hydrogens (tertiary/aromatic N) is 9. The van der Waals surface area contributed by atoms with Gasteiger partial charge in [-0.15, -0.1) is 0 Å². The van der Waals surface area contributed by atoms with E-state index in [-0.39, 0.29) is 5.82 Å². The quantitative estimate of drug-likeness (QED) is 0.310. The lowest BCUT2D eigenvalue weighted by molar-refractivity contribution is 0.211. The van der Waals surface area contributed by atoms with Gasteiger partial charge >= 0.3 is 0 Å². The van der Waals surface area contributed by atoms with E-state index in [1.165, 1.54) is 5.56 Å². The Bertz CT molecular complexity index is 1710. The lowest BCUT2D eigenvalue weighted by Gasteiger charge is -2.32. The lowest BCUT2D eigenvalue weighted by Crippen LogP contribution is -2.38. The molecular weight excluding hydrogens is 514 g/mol. The van der Waals surface area contributed by atoms with E-state index in [0.717, 1.165) is 60.7 Å². The van der Waals surface area contributed by atoms with Gasteiger partial charge in [-0.05, 0) is 60.9 Å². The number of piperidine rings is 1. The second kappa shape index (κ2) is 11.2. The molecule has 0 amide bonds. The fraction of sp³-hybridized carbons (Fsp3) is 0.267. The number of hydrogen-bond acceptors (Lipinski definition) is 10. The molecule has 0 bridgehead atoms. The fourth-order valence-electron chi connectivity index (χ4n) is 5.17. The summed E-state index contributed by atoms with van der Waals surface area (Å²) in [5.41, 5.74) is 10.8. The van der Waals surface area contributed by atoms with Crippen LogP contribution >= 0.6 is 0 Å². The third-order valence-electron chi connectivity index (χ3n) is 7.32. The van der Waals surface area contributed by atoms with Crippen LogP contribution < -0.4 is 16.0 Å². The van der Waals surface area contributed by atoms with Crippen LogP contribution in [-0.4, -0.2) is 67.6 Å². The van der Waals surface area contributed by atoms with Crippen molar-refractivity contribution in [2.75, 3.05) is 43.1 Å². The Labute approximate surface area is 238 Å². The molecule has 6 rings (SSSR count). The molecule has 206 valence electrons. The molecule has 5 heterocycles. The number of benzene rings is 1. The Kier molecular flexibility index (Phi) is 7.14. The number of aromatic nitrogens is 6.